The molecular weight excluding hydrogens is 118 g/mol. The van der Waals surface area contributed by atoms with Gasteiger partial charge in [0.25, 0.3) is 0 Å². The van der Waals surface area contributed by atoms with Crippen molar-refractivity contribution in [2.24, 2.45) is 11.1 Å². The van der Waals surface area contributed by atoms with Gasteiger partial charge in [0, 0.05) is 18.7 Å². The van der Waals surface area contributed by atoms with E-state index in [1.165, 1.54) is 0 Å². The van der Waals surface area contributed by atoms with Crippen LogP contribution in [0.25, 0.3) is 0 Å². The largest absolute Gasteiger partial charge is 0.399 e. The lowest BCUT2D eigenvalue weighted by Gasteiger charge is -1.94. The third kappa shape index (κ3) is 2.01. The van der Waals surface area contributed by atoms with Crippen LogP contribution in [0.5, 0.6) is 0 Å². The first-order chi connectivity index (χ1) is 4.43. The zero-order chi connectivity index (χ0) is 6.53. The summed E-state index contributed by atoms with van der Waals surface area (Å²) >= 11 is 0. The summed E-state index contributed by atoms with van der Waals surface area (Å²) in [6.45, 7) is 1.66. The van der Waals surface area contributed by atoms with E-state index in [0.717, 1.165) is 19.6 Å². The van der Waals surface area contributed by atoms with Gasteiger partial charge in [0.1, 0.15) is 7.11 Å². The molecule has 3 heteroatoms. The van der Waals surface area contributed by atoms with Gasteiger partial charge in [-0.3, -0.25) is 0 Å². The van der Waals surface area contributed by atoms with E-state index in [1.807, 2.05) is 0 Å². The first kappa shape index (κ1) is 6.55. The molecular formula is C6H11NO2. The van der Waals surface area contributed by atoms with Gasteiger partial charge in [-0.25, -0.2) is 0 Å². The van der Waals surface area contributed by atoms with Crippen molar-refractivity contribution < 1.29 is 9.57 Å². The molecule has 1 heterocycles. The molecule has 0 saturated carbocycles. The maximum absolute atomic E-state index is 5.11. The highest BCUT2D eigenvalue weighted by atomic mass is 16.6. The molecule has 0 radical (unpaired) electrons. The van der Waals surface area contributed by atoms with Gasteiger partial charge in [0.05, 0.1) is 6.61 Å². The Morgan fingerprint density at radius 3 is 3.22 bits per heavy atom. The molecule has 1 atom stereocenters. The van der Waals surface area contributed by atoms with Crippen LogP contribution < -0.4 is 0 Å². The fraction of sp³-hybridized carbons (Fsp3) is 0.833. The van der Waals surface area contributed by atoms with Crippen molar-refractivity contribution in [3.8, 4) is 0 Å². The third-order valence-corrected chi connectivity index (χ3v) is 1.34. The van der Waals surface area contributed by atoms with Crippen LogP contribution >= 0.6 is 0 Å². The smallest absolute Gasteiger partial charge is 0.106 e. The van der Waals surface area contributed by atoms with Crippen LogP contribution in [-0.4, -0.2) is 26.5 Å². The lowest BCUT2D eigenvalue weighted by Crippen LogP contribution is -1.99. The molecule has 0 aromatic rings. The van der Waals surface area contributed by atoms with Gasteiger partial charge in [0.15, 0.2) is 0 Å². The maximum atomic E-state index is 5.11. The van der Waals surface area contributed by atoms with Gasteiger partial charge in [-0.05, 0) is 6.42 Å². The standard InChI is InChI=1S/C6H11NO2/c1-8-7-4-6-2-3-9-5-6/h4,6H,2-3,5H2,1H3. The minimum absolute atomic E-state index is 0.477. The van der Waals surface area contributed by atoms with Crippen molar-refractivity contribution in [3.05, 3.63) is 0 Å². The normalized spacial score (nSPS) is 27.4. The first-order valence-corrected chi connectivity index (χ1v) is 3.08. The Bertz CT molecular complexity index is 97.2. The van der Waals surface area contributed by atoms with E-state index < -0.39 is 0 Å². The summed E-state index contributed by atoms with van der Waals surface area (Å²) in [5.74, 6) is 0.477. The van der Waals surface area contributed by atoms with E-state index >= 15 is 0 Å². The Labute approximate surface area is 54.6 Å². The van der Waals surface area contributed by atoms with Crippen LogP contribution in [0.2, 0.25) is 0 Å². The molecule has 1 fully saturated rings. The summed E-state index contributed by atoms with van der Waals surface area (Å²) in [4.78, 5) is 4.52. The fourth-order valence-corrected chi connectivity index (χ4v) is 0.817. The van der Waals surface area contributed by atoms with Crippen molar-refractivity contribution in [3.63, 3.8) is 0 Å². The van der Waals surface area contributed by atoms with Gasteiger partial charge in [-0.15, -0.1) is 0 Å². The molecule has 1 rings (SSSR count). The molecule has 0 aromatic carbocycles. The second-order valence-corrected chi connectivity index (χ2v) is 2.06. The Balaban J connectivity index is 2.18. The summed E-state index contributed by atoms with van der Waals surface area (Å²) in [7, 11) is 1.55. The van der Waals surface area contributed by atoms with Crippen LogP contribution in [-0.2, 0) is 9.57 Å². The quantitative estimate of drug-likeness (QED) is 0.405. The number of ether oxygens (including phenoxy) is 1. The van der Waals surface area contributed by atoms with Crippen molar-refractivity contribution in [2.45, 2.75) is 6.42 Å². The minimum atomic E-state index is 0.477. The number of hydrogen-bond acceptors (Lipinski definition) is 3. The summed E-state index contributed by atoms with van der Waals surface area (Å²) in [6.07, 6.45) is 2.87. The molecule has 0 aliphatic carbocycles. The molecule has 9 heavy (non-hydrogen) atoms. The van der Waals surface area contributed by atoms with Gasteiger partial charge in [-0.2, -0.15) is 0 Å². The van der Waals surface area contributed by atoms with Crippen LogP contribution in [0, 0.1) is 5.92 Å². The topological polar surface area (TPSA) is 30.8 Å². The van der Waals surface area contributed by atoms with E-state index in [1.54, 1.807) is 13.3 Å². The lowest BCUT2D eigenvalue weighted by molar-refractivity contribution is 0.190. The van der Waals surface area contributed by atoms with Crippen molar-refractivity contribution in [1.82, 2.24) is 0 Å². The van der Waals surface area contributed by atoms with E-state index in [2.05, 4.69) is 9.99 Å². The Morgan fingerprint density at radius 2 is 2.67 bits per heavy atom. The van der Waals surface area contributed by atoms with Crippen LogP contribution in [0.1, 0.15) is 6.42 Å². The van der Waals surface area contributed by atoms with E-state index in [-0.39, 0.29) is 0 Å². The van der Waals surface area contributed by atoms with E-state index in [0.29, 0.717) is 5.92 Å². The first-order valence-electron chi connectivity index (χ1n) is 3.08. The predicted octanol–water partition coefficient (Wildman–Crippen LogP) is 0.655. The molecule has 0 aromatic heterocycles. The van der Waals surface area contributed by atoms with Gasteiger partial charge in [0.2, 0.25) is 0 Å². The Hall–Kier alpha value is -0.570. The van der Waals surface area contributed by atoms with Crippen LogP contribution in [0.15, 0.2) is 5.16 Å². The average Bonchev–Trinajstić information content (AvgIpc) is 2.34. The monoisotopic (exact) mass is 129 g/mol. The van der Waals surface area contributed by atoms with Gasteiger partial charge in [-0.1, -0.05) is 5.16 Å². The van der Waals surface area contributed by atoms with E-state index in [4.69, 9.17) is 4.74 Å². The summed E-state index contributed by atoms with van der Waals surface area (Å²) in [5, 5.41) is 3.65. The Kier molecular flexibility index (Phi) is 2.51. The zero-order valence-corrected chi connectivity index (χ0v) is 5.54. The molecule has 0 N–H and O–H groups in total. The summed E-state index contributed by atoms with van der Waals surface area (Å²) < 4.78 is 5.11. The molecule has 0 amide bonds. The zero-order valence-electron chi connectivity index (χ0n) is 5.54. The number of oxime groups is 1. The summed E-state index contributed by atoms with van der Waals surface area (Å²) in [5.41, 5.74) is 0. The maximum Gasteiger partial charge on any atom is 0.106 e. The molecule has 52 valence electrons. The molecule has 1 aliphatic heterocycles. The predicted molar refractivity (Wildman–Crippen MR) is 34.4 cm³/mol. The molecule has 1 aliphatic rings. The lowest BCUT2D eigenvalue weighted by atomic mass is 10.1. The van der Waals surface area contributed by atoms with Crippen LogP contribution in [0.4, 0.5) is 0 Å². The molecule has 0 spiro atoms. The highest BCUT2D eigenvalue weighted by Crippen LogP contribution is 2.08. The van der Waals surface area contributed by atoms with Gasteiger partial charge >= 0.3 is 0 Å². The molecule has 1 saturated heterocycles. The van der Waals surface area contributed by atoms with Crippen LogP contribution in [0.3, 0.4) is 0 Å². The summed E-state index contributed by atoms with van der Waals surface area (Å²) in [6, 6.07) is 0. The van der Waals surface area contributed by atoms with Crippen molar-refractivity contribution in [2.75, 3.05) is 20.3 Å². The number of nitrogens with zero attached hydrogens (tertiary/aromatic N) is 1. The highest BCUT2D eigenvalue weighted by molar-refractivity contribution is 5.60. The molecule has 3 nitrogen and oxygen atoms in total. The van der Waals surface area contributed by atoms with Gasteiger partial charge < -0.3 is 9.57 Å². The second-order valence-electron chi connectivity index (χ2n) is 2.06. The second kappa shape index (κ2) is 3.45. The number of hydrogen-bond donors (Lipinski definition) is 0. The SMILES string of the molecule is CON=CC1CCOC1. The Morgan fingerprint density at radius 1 is 1.78 bits per heavy atom. The van der Waals surface area contributed by atoms with E-state index in [9.17, 15) is 0 Å². The number of rotatable bonds is 2. The fourth-order valence-electron chi connectivity index (χ4n) is 0.817. The molecule has 1 unspecified atom stereocenters. The van der Waals surface area contributed by atoms with Crippen molar-refractivity contribution in [1.29, 1.82) is 0 Å². The van der Waals surface area contributed by atoms with Crippen molar-refractivity contribution >= 4 is 6.21 Å². The minimum Gasteiger partial charge on any atom is -0.399 e. The third-order valence-electron chi connectivity index (χ3n) is 1.34. The molecule has 0 bridgehead atoms. The average molecular weight is 129 g/mol. The highest BCUT2D eigenvalue weighted by Gasteiger charge is 2.12.